The van der Waals surface area contributed by atoms with E-state index in [9.17, 15) is 0 Å². The molecule has 3 nitrogen and oxygen atoms in total. The number of benzene rings is 1. The van der Waals surface area contributed by atoms with Crippen LogP contribution in [0.2, 0.25) is 5.02 Å². The minimum atomic E-state index is 0.491. The van der Waals surface area contributed by atoms with Gasteiger partial charge in [0.25, 0.3) is 0 Å². The Morgan fingerprint density at radius 3 is 2.57 bits per heavy atom. The third kappa shape index (κ3) is 4.60. The highest BCUT2D eigenvalue weighted by atomic mass is 35.5. The van der Waals surface area contributed by atoms with Crippen molar-refractivity contribution in [3.63, 3.8) is 0 Å². The van der Waals surface area contributed by atoms with Gasteiger partial charge in [0.15, 0.2) is 0 Å². The monoisotopic (exact) mass is 309 g/mol. The number of hydrogen-bond donors (Lipinski definition) is 1. The third-order valence-electron chi connectivity index (χ3n) is 4.34. The second-order valence-electron chi connectivity index (χ2n) is 6.47. The van der Waals surface area contributed by atoms with Gasteiger partial charge in [0.05, 0.1) is 10.7 Å². The van der Waals surface area contributed by atoms with Crippen molar-refractivity contribution in [3.8, 4) is 0 Å². The second-order valence-corrected chi connectivity index (χ2v) is 6.87. The highest BCUT2D eigenvalue weighted by Gasteiger charge is 2.22. The molecule has 0 radical (unpaired) electrons. The number of rotatable bonds is 5. The van der Waals surface area contributed by atoms with Crippen LogP contribution in [0, 0.1) is 0 Å². The number of piperidine rings is 1. The van der Waals surface area contributed by atoms with E-state index < -0.39 is 0 Å². The van der Waals surface area contributed by atoms with Gasteiger partial charge in [-0.25, -0.2) is 0 Å². The molecule has 0 aliphatic carbocycles. The maximum Gasteiger partial charge on any atom is 0.0642 e. The van der Waals surface area contributed by atoms with E-state index in [1.807, 2.05) is 0 Å². The molecule has 0 atom stereocenters. The Bertz CT molecular complexity index is 453. The second kappa shape index (κ2) is 7.48. The van der Waals surface area contributed by atoms with E-state index in [0.717, 1.165) is 17.3 Å². The molecule has 2 rings (SSSR count). The van der Waals surface area contributed by atoms with Gasteiger partial charge in [-0.05, 0) is 50.7 Å². The summed E-state index contributed by atoms with van der Waals surface area (Å²) in [4.78, 5) is 4.75. The molecule has 1 aliphatic heterocycles. The summed E-state index contributed by atoms with van der Waals surface area (Å²) in [6.07, 6.45) is 2.42. The number of nitrogens with zero attached hydrogens (tertiary/aromatic N) is 2. The Kier molecular flexibility index (Phi) is 5.91. The molecular weight excluding hydrogens is 282 g/mol. The molecule has 1 saturated heterocycles. The number of anilines is 1. The Balaban J connectivity index is 2.02. The zero-order valence-electron chi connectivity index (χ0n) is 13.7. The smallest absolute Gasteiger partial charge is 0.0642 e. The maximum absolute atomic E-state index is 6.51. The fourth-order valence-electron chi connectivity index (χ4n) is 2.85. The van der Waals surface area contributed by atoms with E-state index in [4.69, 9.17) is 11.6 Å². The first-order valence-electron chi connectivity index (χ1n) is 7.90. The van der Waals surface area contributed by atoms with Crippen LogP contribution >= 0.6 is 11.6 Å². The van der Waals surface area contributed by atoms with Crippen LogP contribution in [0.25, 0.3) is 0 Å². The van der Waals surface area contributed by atoms with E-state index in [-0.39, 0.29) is 0 Å². The van der Waals surface area contributed by atoms with Crippen LogP contribution in [0.1, 0.15) is 32.3 Å². The predicted molar refractivity (Wildman–Crippen MR) is 92.3 cm³/mol. The zero-order valence-corrected chi connectivity index (χ0v) is 14.5. The van der Waals surface area contributed by atoms with Crippen LogP contribution in [0.4, 0.5) is 5.69 Å². The van der Waals surface area contributed by atoms with Gasteiger partial charge in [-0.2, -0.15) is 0 Å². The standard InChI is InChI=1S/C17H28ClN3/c1-13(2)19-12-14-5-6-17(16(18)11-14)21(4)15-7-9-20(3)10-8-15/h5-6,11,13,15,19H,7-10,12H2,1-4H3. The van der Waals surface area contributed by atoms with Crippen molar-refractivity contribution < 1.29 is 0 Å². The van der Waals surface area contributed by atoms with Crippen LogP contribution in [-0.2, 0) is 6.54 Å². The van der Waals surface area contributed by atoms with Crippen LogP contribution < -0.4 is 10.2 Å². The molecule has 118 valence electrons. The summed E-state index contributed by atoms with van der Waals surface area (Å²) in [6, 6.07) is 7.53. The average molecular weight is 310 g/mol. The van der Waals surface area contributed by atoms with Crippen molar-refractivity contribution in [1.29, 1.82) is 0 Å². The normalized spacial score (nSPS) is 17.4. The molecule has 0 unspecified atom stereocenters. The predicted octanol–water partition coefficient (Wildman–Crippen LogP) is 3.37. The summed E-state index contributed by atoms with van der Waals surface area (Å²) in [6.45, 7) is 7.52. The topological polar surface area (TPSA) is 18.5 Å². The van der Waals surface area contributed by atoms with Crippen molar-refractivity contribution in [2.45, 2.75) is 45.3 Å². The molecule has 4 heteroatoms. The third-order valence-corrected chi connectivity index (χ3v) is 4.65. The number of likely N-dealkylation sites (tertiary alicyclic amines) is 1. The summed E-state index contributed by atoms with van der Waals surface area (Å²) in [5.74, 6) is 0. The highest BCUT2D eigenvalue weighted by molar-refractivity contribution is 6.33. The lowest BCUT2D eigenvalue weighted by Gasteiger charge is -2.36. The van der Waals surface area contributed by atoms with E-state index >= 15 is 0 Å². The minimum absolute atomic E-state index is 0.491. The largest absolute Gasteiger partial charge is 0.370 e. The quantitative estimate of drug-likeness (QED) is 0.899. The molecule has 0 aromatic heterocycles. The average Bonchev–Trinajstić information content (AvgIpc) is 2.45. The molecule has 0 saturated carbocycles. The van der Waals surface area contributed by atoms with Gasteiger partial charge in [-0.3, -0.25) is 0 Å². The number of hydrogen-bond acceptors (Lipinski definition) is 3. The van der Waals surface area contributed by atoms with Crippen LogP contribution in [0.3, 0.4) is 0 Å². The van der Waals surface area contributed by atoms with E-state index in [2.05, 4.69) is 61.3 Å². The Hall–Kier alpha value is -0.770. The summed E-state index contributed by atoms with van der Waals surface area (Å²) < 4.78 is 0. The molecule has 0 amide bonds. The van der Waals surface area contributed by atoms with Crippen molar-refractivity contribution in [1.82, 2.24) is 10.2 Å². The summed E-state index contributed by atoms with van der Waals surface area (Å²) in [7, 11) is 4.36. The lowest BCUT2D eigenvalue weighted by atomic mass is 10.0. The van der Waals surface area contributed by atoms with Gasteiger partial charge in [0.1, 0.15) is 0 Å². The summed E-state index contributed by atoms with van der Waals surface area (Å²) in [5.41, 5.74) is 2.40. The van der Waals surface area contributed by atoms with Gasteiger partial charge in [0, 0.05) is 25.7 Å². The summed E-state index contributed by atoms with van der Waals surface area (Å²) >= 11 is 6.51. The molecule has 1 aromatic carbocycles. The van der Waals surface area contributed by atoms with Crippen molar-refractivity contribution in [3.05, 3.63) is 28.8 Å². The molecule has 1 fully saturated rings. The molecule has 1 heterocycles. The van der Waals surface area contributed by atoms with Gasteiger partial charge in [0.2, 0.25) is 0 Å². The fourth-order valence-corrected chi connectivity index (χ4v) is 3.18. The van der Waals surface area contributed by atoms with E-state index in [0.29, 0.717) is 12.1 Å². The zero-order chi connectivity index (χ0) is 15.4. The number of halogens is 1. The molecule has 0 spiro atoms. The first-order valence-corrected chi connectivity index (χ1v) is 8.28. The fraction of sp³-hybridized carbons (Fsp3) is 0.647. The number of nitrogens with one attached hydrogen (secondary N) is 1. The Morgan fingerprint density at radius 2 is 2.00 bits per heavy atom. The highest BCUT2D eigenvalue weighted by Crippen LogP contribution is 2.29. The molecule has 0 bridgehead atoms. The minimum Gasteiger partial charge on any atom is -0.370 e. The summed E-state index contributed by atoms with van der Waals surface area (Å²) in [5, 5.41) is 4.29. The lowest BCUT2D eigenvalue weighted by Crippen LogP contribution is -2.42. The van der Waals surface area contributed by atoms with Crippen molar-refractivity contribution in [2.24, 2.45) is 0 Å². The van der Waals surface area contributed by atoms with Gasteiger partial charge >= 0.3 is 0 Å². The van der Waals surface area contributed by atoms with Crippen LogP contribution in [0.15, 0.2) is 18.2 Å². The van der Waals surface area contributed by atoms with Crippen molar-refractivity contribution in [2.75, 3.05) is 32.1 Å². The van der Waals surface area contributed by atoms with Gasteiger partial charge in [-0.15, -0.1) is 0 Å². The van der Waals surface area contributed by atoms with Crippen molar-refractivity contribution >= 4 is 17.3 Å². The Morgan fingerprint density at radius 1 is 1.33 bits per heavy atom. The molecule has 21 heavy (non-hydrogen) atoms. The molecule has 1 aromatic rings. The lowest BCUT2D eigenvalue weighted by molar-refractivity contribution is 0.253. The molecular formula is C17H28ClN3. The first kappa shape index (κ1) is 16.6. The molecule has 1 N–H and O–H groups in total. The van der Waals surface area contributed by atoms with E-state index in [1.54, 1.807) is 0 Å². The first-order chi connectivity index (χ1) is 9.97. The van der Waals surface area contributed by atoms with E-state index in [1.165, 1.54) is 31.5 Å². The van der Waals surface area contributed by atoms with Gasteiger partial charge < -0.3 is 15.1 Å². The maximum atomic E-state index is 6.51. The Labute approximate surface area is 134 Å². The molecule has 1 aliphatic rings. The SMILES string of the molecule is CC(C)NCc1ccc(N(C)C2CCN(C)CC2)c(Cl)c1. The van der Waals surface area contributed by atoms with Gasteiger partial charge in [-0.1, -0.05) is 31.5 Å². The van der Waals surface area contributed by atoms with Crippen LogP contribution in [-0.4, -0.2) is 44.2 Å². The van der Waals surface area contributed by atoms with Crippen LogP contribution in [0.5, 0.6) is 0 Å².